The van der Waals surface area contributed by atoms with Crippen molar-refractivity contribution in [3.63, 3.8) is 0 Å². The molecule has 0 aliphatic rings. The molecule has 1 aromatic carbocycles. The number of amides is 1. The van der Waals surface area contributed by atoms with Crippen LogP contribution in [0.1, 0.15) is 48.5 Å². The number of imidazole rings is 1. The highest BCUT2D eigenvalue weighted by Crippen LogP contribution is 2.13. The summed E-state index contributed by atoms with van der Waals surface area (Å²) in [6, 6.07) is 9.37. The van der Waals surface area contributed by atoms with Crippen molar-refractivity contribution >= 4 is 24.0 Å². The van der Waals surface area contributed by atoms with Crippen LogP contribution in [-0.2, 0) is 15.9 Å². The SMILES string of the molecule is CC(=O)Nc1ccccc1.CC(C)(C)n1cc[n+](C(C)(C)C)c1.Cl. The van der Waals surface area contributed by atoms with Crippen LogP contribution in [0, 0.1) is 0 Å². The van der Waals surface area contributed by atoms with Gasteiger partial charge < -0.3 is 5.32 Å². The maximum absolute atomic E-state index is 10.5. The first kappa shape index (κ1) is 22.2. The predicted molar refractivity (Wildman–Crippen MR) is 103 cm³/mol. The molecular formula is C19H31ClN3O+. The van der Waals surface area contributed by atoms with Crippen LogP contribution in [-0.4, -0.2) is 10.5 Å². The van der Waals surface area contributed by atoms with Crippen LogP contribution in [0.15, 0.2) is 49.1 Å². The largest absolute Gasteiger partial charge is 0.326 e. The van der Waals surface area contributed by atoms with Gasteiger partial charge in [-0.1, -0.05) is 18.2 Å². The zero-order valence-electron chi connectivity index (χ0n) is 15.8. The fraction of sp³-hybridized carbons (Fsp3) is 0.474. The van der Waals surface area contributed by atoms with Crippen LogP contribution in [0.3, 0.4) is 0 Å². The second-order valence-electron chi connectivity index (χ2n) is 7.62. The van der Waals surface area contributed by atoms with Gasteiger partial charge in [-0.2, -0.15) is 0 Å². The number of rotatable bonds is 1. The van der Waals surface area contributed by atoms with Crippen LogP contribution in [0.5, 0.6) is 0 Å². The molecule has 1 N–H and O–H groups in total. The average Bonchev–Trinajstić information content (AvgIpc) is 2.89. The zero-order valence-corrected chi connectivity index (χ0v) is 16.6. The molecule has 0 aliphatic carbocycles. The van der Waals surface area contributed by atoms with Crippen LogP contribution in [0.4, 0.5) is 5.69 Å². The molecule has 0 saturated heterocycles. The van der Waals surface area contributed by atoms with Gasteiger partial charge in [0, 0.05) is 12.6 Å². The van der Waals surface area contributed by atoms with Crippen molar-refractivity contribution in [1.82, 2.24) is 4.57 Å². The topological polar surface area (TPSA) is 37.9 Å². The van der Waals surface area contributed by atoms with Crippen LogP contribution in [0.2, 0.25) is 0 Å². The minimum Gasteiger partial charge on any atom is -0.326 e. The molecule has 2 aromatic rings. The molecule has 0 aliphatic heterocycles. The van der Waals surface area contributed by atoms with Crippen LogP contribution < -0.4 is 9.88 Å². The third kappa shape index (κ3) is 7.64. The quantitative estimate of drug-likeness (QED) is 0.761. The van der Waals surface area contributed by atoms with Gasteiger partial charge in [0.15, 0.2) is 0 Å². The average molecular weight is 353 g/mol. The number of benzene rings is 1. The summed E-state index contributed by atoms with van der Waals surface area (Å²) in [5.74, 6) is -0.0359. The van der Waals surface area contributed by atoms with Gasteiger partial charge in [0.05, 0.1) is 0 Å². The van der Waals surface area contributed by atoms with Crippen molar-refractivity contribution in [3.05, 3.63) is 49.1 Å². The van der Waals surface area contributed by atoms with Gasteiger partial charge in [0.2, 0.25) is 12.2 Å². The Morgan fingerprint density at radius 1 is 1.04 bits per heavy atom. The Morgan fingerprint density at radius 2 is 1.58 bits per heavy atom. The molecule has 0 saturated carbocycles. The number of hydrogen-bond donors (Lipinski definition) is 1. The number of para-hydroxylation sites is 1. The standard InChI is InChI=1S/C11H21N2.C8H9NO.ClH/c1-10(2,3)12-7-8-13(9-12)11(4,5)6;1-7(10)9-8-5-3-2-4-6-8;/h7-9H,1-6H3;2-6H,1H3,(H,9,10);1H/q+1;;. The number of carbonyl (C=O) groups is 1. The van der Waals surface area contributed by atoms with E-state index in [1.165, 1.54) is 6.92 Å². The minimum atomic E-state index is -0.0359. The lowest BCUT2D eigenvalue weighted by Crippen LogP contribution is -2.48. The smallest absolute Gasteiger partial charge is 0.244 e. The van der Waals surface area contributed by atoms with Gasteiger partial charge in [0.25, 0.3) is 0 Å². The van der Waals surface area contributed by atoms with Crippen molar-refractivity contribution in [2.75, 3.05) is 5.32 Å². The van der Waals surface area contributed by atoms with Gasteiger partial charge in [-0.25, -0.2) is 9.13 Å². The molecular weight excluding hydrogens is 322 g/mol. The van der Waals surface area contributed by atoms with E-state index in [2.05, 4.69) is 74.7 Å². The summed E-state index contributed by atoms with van der Waals surface area (Å²) in [6.07, 6.45) is 6.43. The number of nitrogens with one attached hydrogen (secondary N) is 1. The molecule has 5 heteroatoms. The van der Waals surface area contributed by atoms with Crippen molar-refractivity contribution in [3.8, 4) is 0 Å². The van der Waals surface area contributed by atoms with Crippen molar-refractivity contribution < 1.29 is 9.36 Å². The summed E-state index contributed by atoms with van der Waals surface area (Å²) in [4.78, 5) is 10.5. The van der Waals surface area contributed by atoms with Gasteiger partial charge >= 0.3 is 0 Å². The number of carbonyl (C=O) groups excluding carboxylic acids is 1. The van der Waals surface area contributed by atoms with E-state index in [0.29, 0.717) is 0 Å². The van der Waals surface area contributed by atoms with Crippen LogP contribution in [0.25, 0.3) is 0 Å². The molecule has 134 valence electrons. The Labute approximate surface area is 152 Å². The Morgan fingerprint density at radius 3 is 1.92 bits per heavy atom. The van der Waals surface area contributed by atoms with Gasteiger partial charge in [-0.3, -0.25) is 4.79 Å². The van der Waals surface area contributed by atoms with E-state index in [9.17, 15) is 4.79 Å². The minimum absolute atomic E-state index is 0. The molecule has 1 heterocycles. The highest BCUT2D eigenvalue weighted by Gasteiger charge is 2.24. The fourth-order valence-electron chi connectivity index (χ4n) is 1.87. The molecule has 0 bridgehead atoms. The van der Waals surface area contributed by atoms with Crippen molar-refractivity contribution in [2.24, 2.45) is 0 Å². The zero-order chi connectivity index (χ0) is 17.7. The molecule has 4 nitrogen and oxygen atoms in total. The lowest BCUT2D eigenvalue weighted by molar-refractivity contribution is -0.753. The summed E-state index contributed by atoms with van der Waals surface area (Å²) < 4.78 is 4.47. The monoisotopic (exact) mass is 352 g/mol. The summed E-state index contributed by atoms with van der Waals surface area (Å²) in [7, 11) is 0. The third-order valence-corrected chi connectivity index (χ3v) is 3.28. The first-order chi connectivity index (χ1) is 10.5. The number of aromatic nitrogens is 2. The first-order valence-electron chi connectivity index (χ1n) is 7.93. The van der Waals surface area contributed by atoms with E-state index >= 15 is 0 Å². The molecule has 0 atom stereocenters. The second kappa shape index (κ2) is 8.88. The number of halogens is 1. The van der Waals surface area contributed by atoms with Gasteiger partial charge in [0.1, 0.15) is 23.5 Å². The molecule has 0 radical (unpaired) electrons. The normalized spacial score (nSPS) is 11.0. The van der Waals surface area contributed by atoms with E-state index in [4.69, 9.17) is 0 Å². The van der Waals surface area contributed by atoms with Gasteiger partial charge in [-0.05, 0) is 53.7 Å². The van der Waals surface area contributed by atoms with E-state index in [0.717, 1.165) is 5.69 Å². The number of anilines is 1. The summed E-state index contributed by atoms with van der Waals surface area (Å²) in [5.41, 5.74) is 1.20. The Kier molecular flexibility index (Phi) is 8.21. The highest BCUT2D eigenvalue weighted by molar-refractivity contribution is 5.88. The Bertz CT molecular complexity index is 594. The fourth-order valence-corrected chi connectivity index (χ4v) is 1.87. The molecule has 24 heavy (non-hydrogen) atoms. The number of nitrogens with zero attached hydrogens (tertiary/aromatic N) is 2. The van der Waals surface area contributed by atoms with Gasteiger partial charge in [-0.15, -0.1) is 12.4 Å². The maximum atomic E-state index is 10.5. The van der Waals surface area contributed by atoms with E-state index in [-0.39, 0.29) is 29.4 Å². The summed E-state index contributed by atoms with van der Waals surface area (Å²) >= 11 is 0. The second-order valence-corrected chi connectivity index (χ2v) is 7.62. The van der Waals surface area contributed by atoms with Crippen molar-refractivity contribution in [2.45, 2.75) is 59.5 Å². The maximum Gasteiger partial charge on any atom is 0.244 e. The molecule has 0 fully saturated rings. The Balaban J connectivity index is 0.000000436. The summed E-state index contributed by atoms with van der Waals surface area (Å²) in [5, 5.41) is 2.67. The summed E-state index contributed by atoms with van der Waals surface area (Å²) in [6.45, 7) is 14.7. The lowest BCUT2D eigenvalue weighted by Gasteiger charge is -2.16. The molecule has 1 aromatic heterocycles. The Hall–Kier alpha value is -1.81. The molecule has 1 amide bonds. The third-order valence-electron chi connectivity index (χ3n) is 3.28. The molecule has 0 unspecified atom stereocenters. The van der Waals surface area contributed by atoms with E-state index < -0.39 is 0 Å². The number of hydrogen-bond acceptors (Lipinski definition) is 1. The molecule has 0 spiro atoms. The predicted octanol–water partition coefficient (Wildman–Crippen LogP) is 4.35. The van der Waals surface area contributed by atoms with Crippen molar-refractivity contribution in [1.29, 1.82) is 0 Å². The lowest BCUT2D eigenvalue weighted by atomic mass is 10.1. The van der Waals surface area contributed by atoms with E-state index in [1.807, 2.05) is 30.3 Å². The van der Waals surface area contributed by atoms with Crippen LogP contribution >= 0.6 is 12.4 Å². The molecule has 2 rings (SSSR count). The van der Waals surface area contributed by atoms with E-state index in [1.54, 1.807) is 0 Å². The highest BCUT2D eigenvalue weighted by atomic mass is 35.5. The first-order valence-corrected chi connectivity index (χ1v) is 7.93.